The second-order valence-electron chi connectivity index (χ2n) is 3.36. The van der Waals surface area contributed by atoms with Gasteiger partial charge in [-0.1, -0.05) is 23.9 Å². The molecule has 0 fully saturated rings. The van der Waals surface area contributed by atoms with Crippen LogP contribution in [-0.2, 0) is 16.0 Å². The molecule has 16 heavy (non-hydrogen) atoms. The topological polar surface area (TPSA) is 30.5 Å². The molecule has 1 aromatic rings. The SMILES string of the molecule is COCCNCc1ccc(SCOC)cc1. The van der Waals surface area contributed by atoms with Crippen LogP contribution in [0.2, 0.25) is 0 Å². The average molecular weight is 241 g/mol. The van der Waals surface area contributed by atoms with Gasteiger partial charge >= 0.3 is 0 Å². The Kier molecular flexibility index (Phi) is 7.25. The van der Waals surface area contributed by atoms with E-state index in [1.165, 1.54) is 10.5 Å². The average Bonchev–Trinajstić information content (AvgIpc) is 2.33. The first-order chi connectivity index (χ1) is 7.86. The van der Waals surface area contributed by atoms with Crippen molar-refractivity contribution in [2.24, 2.45) is 0 Å². The first kappa shape index (κ1) is 13.5. The molecule has 0 unspecified atom stereocenters. The summed E-state index contributed by atoms with van der Waals surface area (Å²) in [5.41, 5.74) is 1.29. The summed E-state index contributed by atoms with van der Waals surface area (Å²) in [6, 6.07) is 8.52. The van der Waals surface area contributed by atoms with Crippen molar-refractivity contribution >= 4 is 11.8 Å². The predicted octanol–water partition coefficient (Wildman–Crippen LogP) is 2.12. The smallest absolute Gasteiger partial charge is 0.0963 e. The van der Waals surface area contributed by atoms with E-state index < -0.39 is 0 Å². The Bertz CT molecular complexity index is 277. The minimum Gasteiger partial charge on any atom is -0.383 e. The maximum Gasteiger partial charge on any atom is 0.0963 e. The summed E-state index contributed by atoms with van der Waals surface area (Å²) in [6.07, 6.45) is 0. The summed E-state index contributed by atoms with van der Waals surface area (Å²) in [5.74, 6) is 0.700. The van der Waals surface area contributed by atoms with E-state index in [9.17, 15) is 0 Å². The molecule has 90 valence electrons. The zero-order valence-corrected chi connectivity index (χ0v) is 10.7. The Balaban J connectivity index is 2.27. The fraction of sp³-hybridized carbons (Fsp3) is 0.500. The van der Waals surface area contributed by atoms with Crippen molar-refractivity contribution in [1.29, 1.82) is 0 Å². The third-order valence-corrected chi connectivity index (χ3v) is 3.04. The van der Waals surface area contributed by atoms with Gasteiger partial charge in [0.25, 0.3) is 0 Å². The highest BCUT2D eigenvalue weighted by molar-refractivity contribution is 7.99. The van der Waals surface area contributed by atoms with Crippen molar-refractivity contribution in [3.63, 3.8) is 0 Å². The Hall–Kier alpha value is -0.550. The summed E-state index contributed by atoms with van der Waals surface area (Å²) < 4.78 is 9.97. The molecule has 0 spiro atoms. The molecule has 3 nitrogen and oxygen atoms in total. The normalized spacial score (nSPS) is 10.6. The molecule has 0 saturated heterocycles. The Morgan fingerprint density at radius 2 is 1.88 bits per heavy atom. The molecule has 0 aromatic heterocycles. The van der Waals surface area contributed by atoms with E-state index in [1.54, 1.807) is 26.0 Å². The molecular formula is C12H19NO2S. The quantitative estimate of drug-likeness (QED) is 0.429. The number of methoxy groups -OCH3 is 2. The van der Waals surface area contributed by atoms with Crippen molar-refractivity contribution in [2.75, 3.05) is 33.3 Å². The van der Waals surface area contributed by atoms with Gasteiger partial charge in [-0.3, -0.25) is 0 Å². The van der Waals surface area contributed by atoms with Crippen LogP contribution in [0.4, 0.5) is 0 Å². The van der Waals surface area contributed by atoms with E-state index in [2.05, 4.69) is 29.6 Å². The van der Waals surface area contributed by atoms with Crippen molar-refractivity contribution in [3.05, 3.63) is 29.8 Å². The van der Waals surface area contributed by atoms with Crippen LogP contribution in [-0.4, -0.2) is 33.3 Å². The molecule has 0 amide bonds. The van der Waals surface area contributed by atoms with Crippen LogP contribution in [0.15, 0.2) is 29.2 Å². The Labute approximate surface area is 102 Å². The van der Waals surface area contributed by atoms with Gasteiger partial charge in [0.05, 0.1) is 12.5 Å². The lowest BCUT2D eigenvalue weighted by Gasteiger charge is -2.05. The van der Waals surface area contributed by atoms with E-state index in [1.807, 2.05) is 0 Å². The molecule has 0 atom stereocenters. The highest BCUT2D eigenvalue weighted by Crippen LogP contribution is 2.17. The van der Waals surface area contributed by atoms with E-state index in [4.69, 9.17) is 9.47 Å². The Morgan fingerprint density at radius 1 is 1.12 bits per heavy atom. The van der Waals surface area contributed by atoms with Gasteiger partial charge in [0.15, 0.2) is 0 Å². The van der Waals surface area contributed by atoms with Gasteiger partial charge in [-0.2, -0.15) is 0 Å². The number of hydrogen-bond donors (Lipinski definition) is 1. The molecule has 0 saturated carbocycles. The first-order valence-electron chi connectivity index (χ1n) is 5.27. The molecule has 0 aliphatic heterocycles. The molecule has 1 N–H and O–H groups in total. The van der Waals surface area contributed by atoms with E-state index in [0.717, 1.165) is 19.7 Å². The Morgan fingerprint density at radius 3 is 2.50 bits per heavy atom. The molecule has 1 rings (SSSR count). The standard InChI is InChI=1S/C12H19NO2S/c1-14-8-7-13-9-11-3-5-12(6-4-11)16-10-15-2/h3-6,13H,7-10H2,1-2H3. The monoisotopic (exact) mass is 241 g/mol. The van der Waals surface area contributed by atoms with E-state index >= 15 is 0 Å². The molecule has 0 aliphatic rings. The third kappa shape index (κ3) is 5.51. The molecular weight excluding hydrogens is 222 g/mol. The maximum atomic E-state index is 5.00. The zero-order chi connectivity index (χ0) is 11.6. The highest BCUT2D eigenvalue weighted by Gasteiger charge is 1.95. The minimum atomic E-state index is 0.700. The first-order valence-corrected chi connectivity index (χ1v) is 6.25. The van der Waals surface area contributed by atoms with Gasteiger partial charge in [0.2, 0.25) is 0 Å². The van der Waals surface area contributed by atoms with Crippen molar-refractivity contribution in [3.8, 4) is 0 Å². The lowest BCUT2D eigenvalue weighted by molar-refractivity contribution is 0.199. The molecule has 0 aliphatic carbocycles. The number of benzene rings is 1. The summed E-state index contributed by atoms with van der Waals surface area (Å²) >= 11 is 1.70. The van der Waals surface area contributed by atoms with E-state index in [-0.39, 0.29) is 0 Å². The summed E-state index contributed by atoms with van der Waals surface area (Å²) in [5, 5.41) is 3.31. The highest BCUT2D eigenvalue weighted by atomic mass is 32.2. The number of ether oxygens (including phenoxy) is 2. The third-order valence-electron chi connectivity index (χ3n) is 2.08. The second kappa shape index (κ2) is 8.58. The van der Waals surface area contributed by atoms with Gasteiger partial charge in [0, 0.05) is 32.2 Å². The number of rotatable bonds is 8. The van der Waals surface area contributed by atoms with Crippen LogP contribution in [0.25, 0.3) is 0 Å². The van der Waals surface area contributed by atoms with Crippen LogP contribution < -0.4 is 5.32 Å². The van der Waals surface area contributed by atoms with Gasteiger partial charge in [-0.15, -0.1) is 0 Å². The van der Waals surface area contributed by atoms with Gasteiger partial charge < -0.3 is 14.8 Å². The summed E-state index contributed by atoms with van der Waals surface area (Å²) in [4.78, 5) is 1.24. The van der Waals surface area contributed by atoms with Crippen LogP contribution >= 0.6 is 11.8 Å². The van der Waals surface area contributed by atoms with Crippen molar-refractivity contribution < 1.29 is 9.47 Å². The van der Waals surface area contributed by atoms with Crippen LogP contribution in [0.1, 0.15) is 5.56 Å². The number of hydrogen-bond acceptors (Lipinski definition) is 4. The lowest BCUT2D eigenvalue weighted by Crippen LogP contribution is -2.18. The minimum absolute atomic E-state index is 0.700. The van der Waals surface area contributed by atoms with Gasteiger partial charge in [-0.05, 0) is 17.7 Å². The van der Waals surface area contributed by atoms with Crippen molar-refractivity contribution in [1.82, 2.24) is 5.32 Å². The predicted molar refractivity (Wildman–Crippen MR) is 67.8 cm³/mol. The number of thioether (sulfide) groups is 1. The largest absolute Gasteiger partial charge is 0.383 e. The molecule has 1 aromatic carbocycles. The van der Waals surface area contributed by atoms with E-state index in [0.29, 0.717) is 5.94 Å². The molecule has 4 heteroatoms. The lowest BCUT2D eigenvalue weighted by atomic mass is 10.2. The maximum absolute atomic E-state index is 5.00. The molecule has 0 bridgehead atoms. The van der Waals surface area contributed by atoms with Crippen LogP contribution in [0.3, 0.4) is 0 Å². The fourth-order valence-corrected chi connectivity index (χ4v) is 1.82. The van der Waals surface area contributed by atoms with Gasteiger partial charge in [0.1, 0.15) is 0 Å². The molecule has 0 radical (unpaired) electrons. The molecule has 0 heterocycles. The van der Waals surface area contributed by atoms with Crippen molar-refractivity contribution in [2.45, 2.75) is 11.4 Å². The fourth-order valence-electron chi connectivity index (χ4n) is 1.24. The van der Waals surface area contributed by atoms with Crippen LogP contribution in [0.5, 0.6) is 0 Å². The number of nitrogens with one attached hydrogen (secondary N) is 1. The second-order valence-corrected chi connectivity index (χ2v) is 4.36. The zero-order valence-electron chi connectivity index (χ0n) is 9.86. The van der Waals surface area contributed by atoms with Gasteiger partial charge in [-0.25, -0.2) is 0 Å². The summed E-state index contributed by atoms with van der Waals surface area (Å²) in [7, 11) is 3.42. The van der Waals surface area contributed by atoms with Crippen LogP contribution in [0, 0.1) is 0 Å². The summed E-state index contributed by atoms with van der Waals surface area (Å²) in [6.45, 7) is 2.52.